The van der Waals surface area contributed by atoms with Crippen molar-refractivity contribution in [3.05, 3.63) is 45.7 Å². The van der Waals surface area contributed by atoms with Crippen LogP contribution in [-0.2, 0) is 19.9 Å². The van der Waals surface area contributed by atoms with Gasteiger partial charge in [0.2, 0.25) is 0 Å². The topological polar surface area (TPSA) is 60.9 Å². The first-order valence-electron chi connectivity index (χ1n) is 6.10. The highest BCUT2D eigenvalue weighted by molar-refractivity contribution is 9.10. The second-order valence-corrected chi connectivity index (χ2v) is 5.39. The molecule has 0 atom stereocenters. The summed E-state index contributed by atoms with van der Waals surface area (Å²) in [4.78, 5) is 12.3. The molecule has 0 aliphatic rings. The number of nitrogen functional groups attached to an aromatic ring is 1. The number of carbonyl (C=O) groups is 1. The number of anilines is 1. The summed E-state index contributed by atoms with van der Waals surface area (Å²) in [6, 6.07) is 7.23. The summed E-state index contributed by atoms with van der Waals surface area (Å²) in [6.45, 7) is 2.04. The number of carbonyl (C=O) groups excluding carboxylic acids is 1. The van der Waals surface area contributed by atoms with Crippen LogP contribution < -0.4 is 5.73 Å². The van der Waals surface area contributed by atoms with Gasteiger partial charge in [-0.25, -0.2) is 0 Å². The molecule has 2 rings (SSSR count). The molecule has 1 heterocycles. The standard InChI is InChI=1S/C14H16BrN3O/c1-3-12-7-13(18(2)17-12)8-14(19)9-4-10(15)6-11(16)5-9/h4-7H,3,8,16H2,1-2H3. The average Bonchev–Trinajstić information content (AvgIpc) is 2.69. The van der Waals surface area contributed by atoms with E-state index in [1.165, 1.54) is 0 Å². The minimum absolute atomic E-state index is 0.0404. The van der Waals surface area contributed by atoms with E-state index >= 15 is 0 Å². The van der Waals surface area contributed by atoms with Crippen molar-refractivity contribution in [1.29, 1.82) is 0 Å². The van der Waals surface area contributed by atoms with Crippen molar-refractivity contribution < 1.29 is 4.79 Å². The maximum Gasteiger partial charge on any atom is 0.168 e. The molecule has 0 saturated carbocycles. The van der Waals surface area contributed by atoms with E-state index in [9.17, 15) is 4.79 Å². The van der Waals surface area contributed by atoms with E-state index in [1.54, 1.807) is 22.9 Å². The normalized spacial score (nSPS) is 10.7. The van der Waals surface area contributed by atoms with Crippen LogP contribution in [0.15, 0.2) is 28.7 Å². The first-order chi connectivity index (χ1) is 8.99. The monoisotopic (exact) mass is 321 g/mol. The number of hydrogen-bond acceptors (Lipinski definition) is 3. The van der Waals surface area contributed by atoms with E-state index in [4.69, 9.17) is 5.73 Å². The Morgan fingerprint density at radius 1 is 1.37 bits per heavy atom. The number of halogens is 1. The summed E-state index contributed by atoms with van der Waals surface area (Å²) in [7, 11) is 1.86. The minimum atomic E-state index is 0.0404. The number of nitrogens with two attached hydrogens (primary N) is 1. The Morgan fingerprint density at radius 2 is 2.11 bits per heavy atom. The van der Waals surface area contributed by atoms with Gasteiger partial charge in [-0.1, -0.05) is 22.9 Å². The number of aromatic nitrogens is 2. The van der Waals surface area contributed by atoms with Gasteiger partial charge in [-0.3, -0.25) is 9.48 Å². The highest BCUT2D eigenvalue weighted by Gasteiger charge is 2.12. The third kappa shape index (κ3) is 3.23. The van der Waals surface area contributed by atoms with Crippen LogP contribution in [0.25, 0.3) is 0 Å². The number of hydrogen-bond donors (Lipinski definition) is 1. The second kappa shape index (κ2) is 5.57. The van der Waals surface area contributed by atoms with Gasteiger partial charge < -0.3 is 5.73 Å². The molecule has 1 aromatic carbocycles. The zero-order valence-electron chi connectivity index (χ0n) is 11.0. The summed E-state index contributed by atoms with van der Waals surface area (Å²) in [5.74, 6) is 0.0404. The molecular formula is C14H16BrN3O. The quantitative estimate of drug-likeness (QED) is 0.695. The summed E-state index contributed by atoms with van der Waals surface area (Å²) < 4.78 is 2.58. The Bertz CT molecular complexity index is 599. The zero-order valence-corrected chi connectivity index (χ0v) is 12.6. The number of aryl methyl sites for hydroxylation is 2. The molecule has 5 heteroatoms. The van der Waals surface area contributed by atoms with Crippen LogP contribution in [0.2, 0.25) is 0 Å². The molecule has 0 amide bonds. The number of Topliss-reactive ketones (excluding diaryl/α,β-unsaturated/α-hetero) is 1. The summed E-state index contributed by atoms with van der Waals surface area (Å²) in [5.41, 5.74) is 8.86. The summed E-state index contributed by atoms with van der Waals surface area (Å²) >= 11 is 3.35. The van der Waals surface area contributed by atoms with Crippen LogP contribution >= 0.6 is 15.9 Å². The van der Waals surface area contributed by atoms with Gasteiger partial charge in [0.05, 0.1) is 12.1 Å². The van der Waals surface area contributed by atoms with Crippen molar-refractivity contribution in [2.24, 2.45) is 7.05 Å². The van der Waals surface area contributed by atoms with Gasteiger partial charge in [0.15, 0.2) is 5.78 Å². The molecule has 100 valence electrons. The predicted octanol–water partition coefficient (Wildman–Crippen LogP) is 2.75. The number of nitrogens with zero attached hydrogens (tertiary/aromatic N) is 2. The van der Waals surface area contributed by atoms with Crippen molar-refractivity contribution >= 4 is 27.4 Å². The number of rotatable bonds is 4. The SMILES string of the molecule is CCc1cc(CC(=O)c2cc(N)cc(Br)c2)n(C)n1. The Balaban J connectivity index is 2.22. The fraction of sp³-hybridized carbons (Fsp3) is 0.286. The summed E-state index contributed by atoms with van der Waals surface area (Å²) in [6.07, 6.45) is 1.20. The van der Waals surface area contributed by atoms with Crippen molar-refractivity contribution in [2.75, 3.05) is 5.73 Å². The van der Waals surface area contributed by atoms with Gasteiger partial charge >= 0.3 is 0 Å². The Labute approximate surface area is 120 Å². The van der Waals surface area contributed by atoms with Crippen LogP contribution in [0.1, 0.15) is 28.7 Å². The van der Waals surface area contributed by atoms with Gasteiger partial charge in [0.1, 0.15) is 0 Å². The molecule has 4 nitrogen and oxygen atoms in total. The minimum Gasteiger partial charge on any atom is -0.399 e. The number of ketones is 1. The maximum atomic E-state index is 12.3. The number of benzene rings is 1. The Hall–Kier alpha value is -1.62. The van der Waals surface area contributed by atoms with Crippen molar-refractivity contribution in [2.45, 2.75) is 19.8 Å². The molecule has 0 spiro atoms. The van der Waals surface area contributed by atoms with Crippen molar-refractivity contribution in [3.8, 4) is 0 Å². The second-order valence-electron chi connectivity index (χ2n) is 4.48. The molecule has 0 fully saturated rings. The Kier molecular flexibility index (Phi) is 4.04. The van der Waals surface area contributed by atoms with E-state index in [-0.39, 0.29) is 5.78 Å². The highest BCUT2D eigenvalue weighted by atomic mass is 79.9. The van der Waals surface area contributed by atoms with Gasteiger partial charge in [-0.2, -0.15) is 5.10 Å². The first kappa shape index (κ1) is 13.8. The van der Waals surface area contributed by atoms with Crippen molar-refractivity contribution in [3.63, 3.8) is 0 Å². The summed E-state index contributed by atoms with van der Waals surface area (Å²) in [5, 5.41) is 4.34. The van der Waals surface area contributed by atoms with Gasteiger partial charge in [-0.15, -0.1) is 0 Å². The van der Waals surface area contributed by atoms with E-state index < -0.39 is 0 Å². The lowest BCUT2D eigenvalue weighted by Crippen LogP contribution is -2.08. The third-order valence-electron chi connectivity index (χ3n) is 2.97. The smallest absolute Gasteiger partial charge is 0.168 e. The molecule has 0 radical (unpaired) electrons. The third-order valence-corrected chi connectivity index (χ3v) is 3.43. The lowest BCUT2D eigenvalue weighted by atomic mass is 10.1. The molecule has 0 aliphatic heterocycles. The lowest BCUT2D eigenvalue weighted by molar-refractivity contribution is 0.0990. The molecule has 19 heavy (non-hydrogen) atoms. The predicted molar refractivity (Wildman–Crippen MR) is 79.2 cm³/mol. The Morgan fingerprint density at radius 3 is 2.68 bits per heavy atom. The first-order valence-corrected chi connectivity index (χ1v) is 6.90. The molecule has 0 unspecified atom stereocenters. The van der Waals surface area contributed by atoms with Gasteiger partial charge in [0, 0.05) is 28.5 Å². The zero-order chi connectivity index (χ0) is 14.0. The highest BCUT2D eigenvalue weighted by Crippen LogP contribution is 2.19. The molecule has 0 aliphatic carbocycles. The van der Waals surface area contributed by atoms with E-state index in [0.29, 0.717) is 17.7 Å². The average molecular weight is 322 g/mol. The van der Waals surface area contributed by atoms with E-state index in [2.05, 4.69) is 21.0 Å². The van der Waals surface area contributed by atoms with E-state index in [0.717, 1.165) is 22.3 Å². The van der Waals surface area contributed by atoms with Crippen LogP contribution in [0.3, 0.4) is 0 Å². The van der Waals surface area contributed by atoms with Gasteiger partial charge in [-0.05, 0) is 30.7 Å². The fourth-order valence-electron chi connectivity index (χ4n) is 1.95. The van der Waals surface area contributed by atoms with Gasteiger partial charge in [0.25, 0.3) is 0 Å². The van der Waals surface area contributed by atoms with Crippen molar-refractivity contribution in [1.82, 2.24) is 9.78 Å². The van der Waals surface area contributed by atoms with Crippen LogP contribution in [-0.4, -0.2) is 15.6 Å². The molecule has 1 aromatic heterocycles. The largest absolute Gasteiger partial charge is 0.399 e. The van der Waals surface area contributed by atoms with Crippen LogP contribution in [0.4, 0.5) is 5.69 Å². The van der Waals surface area contributed by atoms with Crippen LogP contribution in [0, 0.1) is 0 Å². The fourth-order valence-corrected chi connectivity index (χ4v) is 2.46. The molecule has 0 saturated heterocycles. The molecule has 0 bridgehead atoms. The molecule has 2 aromatic rings. The van der Waals surface area contributed by atoms with E-state index in [1.807, 2.05) is 20.0 Å². The maximum absolute atomic E-state index is 12.3. The molecular weight excluding hydrogens is 306 g/mol. The van der Waals surface area contributed by atoms with Crippen LogP contribution in [0.5, 0.6) is 0 Å². The molecule has 2 N–H and O–H groups in total. The lowest BCUT2D eigenvalue weighted by Gasteiger charge is -2.04.